The summed E-state index contributed by atoms with van der Waals surface area (Å²) in [6.07, 6.45) is 0.938. The smallest absolute Gasteiger partial charge is 0.419 e. The van der Waals surface area contributed by atoms with Crippen molar-refractivity contribution in [2.75, 3.05) is 5.32 Å². The number of oxazole rings is 1. The monoisotopic (exact) mass is 407 g/mol. The number of hydrogen-bond acceptors (Lipinski definition) is 5. The quantitative estimate of drug-likeness (QED) is 0.433. The summed E-state index contributed by atoms with van der Waals surface area (Å²) in [4.78, 5) is 17.2. The molecule has 7 heteroatoms. The van der Waals surface area contributed by atoms with Crippen molar-refractivity contribution in [3.05, 3.63) is 66.1 Å². The summed E-state index contributed by atoms with van der Waals surface area (Å²) in [5.74, 6) is -0.0395. The van der Waals surface area contributed by atoms with Gasteiger partial charge < -0.3 is 14.5 Å². The molecular formula is C23H22FN3O3. The number of benzene rings is 2. The van der Waals surface area contributed by atoms with Crippen molar-refractivity contribution in [1.29, 1.82) is 0 Å². The first-order valence-corrected chi connectivity index (χ1v) is 9.54. The van der Waals surface area contributed by atoms with Crippen LogP contribution in [-0.4, -0.2) is 21.2 Å². The molecule has 2 heterocycles. The van der Waals surface area contributed by atoms with Crippen LogP contribution in [0.5, 0.6) is 0 Å². The van der Waals surface area contributed by atoms with Crippen LogP contribution in [0.25, 0.3) is 22.4 Å². The molecule has 2 aromatic heterocycles. The van der Waals surface area contributed by atoms with Crippen LogP contribution in [0.1, 0.15) is 26.3 Å². The Labute approximate surface area is 173 Å². The van der Waals surface area contributed by atoms with E-state index in [2.05, 4.69) is 10.3 Å². The van der Waals surface area contributed by atoms with Gasteiger partial charge in [0.2, 0.25) is 0 Å². The lowest BCUT2D eigenvalue weighted by molar-refractivity contribution is 0.0546. The van der Waals surface area contributed by atoms with Gasteiger partial charge in [-0.05, 0) is 69.7 Å². The van der Waals surface area contributed by atoms with Crippen molar-refractivity contribution in [2.45, 2.75) is 33.3 Å². The van der Waals surface area contributed by atoms with E-state index in [1.165, 1.54) is 22.9 Å². The van der Waals surface area contributed by atoms with Gasteiger partial charge in [0.25, 0.3) is 6.01 Å². The van der Waals surface area contributed by atoms with Crippen LogP contribution < -0.4 is 5.32 Å². The van der Waals surface area contributed by atoms with Gasteiger partial charge in [-0.15, -0.1) is 0 Å². The fraction of sp³-hybridized carbons (Fsp3) is 0.217. The van der Waals surface area contributed by atoms with Gasteiger partial charge in [-0.2, -0.15) is 0 Å². The zero-order chi connectivity index (χ0) is 21.5. The lowest BCUT2D eigenvalue weighted by Gasteiger charge is -2.20. The molecule has 6 nitrogen and oxygen atoms in total. The van der Waals surface area contributed by atoms with Crippen molar-refractivity contribution in [3.63, 3.8) is 0 Å². The van der Waals surface area contributed by atoms with Gasteiger partial charge in [-0.25, -0.2) is 18.7 Å². The van der Waals surface area contributed by atoms with Gasteiger partial charge >= 0.3 is 6.09 Å². The third-order valence-corrected chi connectivity index (χ3v) is 4.37. The number of aryl methyl sites for hydroxylation is 1. The molecule has 2 aromatic carbocycles. The average Bonchev–Trinajstić information content (AvgIpc) is 3.24. The molecule has 0 unspecified atom stereocenters. The number of nitrogens with zero attached hydrogens (tertiary/aromatic N) is 2. The van der Waals surface area contributed by atoms with E-state index in [4.69, 9.17) is 9.15 Å². The van der Waals surface area contributed by atoms with Gasteiger partial charge in [-0.3, -0.25) is 0 Å². The molecule has 154 valence electrons. The van der Waals surface area contributed by atoms with Crippen LogP contribution in [0.15, 0.2) is 59.1 Å². The summed E-state index contributed by atoms with van der Waals surface area (Å²) < 4.78 is 26.5. The van der Waals surface area contributed by atoms with Crippen molar-refractivity contribution in [3.8, 4) is 11.5 Å². The molecule has 0 fully saturated rings. The number of nitrogens with one attached hydrogen (secondary N) is 1. The highest BCUT2D eigenvalue weighted by molar-refractivity contribution is 5.95. The van der Waals surface area contributed by atoms with Gasteiger partial charge in [0.15, 0.2) is 5.76 Å². The van der Waals surface area contributed by atoms with Crippen LogP contribution in [0, 0.1) is 12.7 Å². The maximum atomic E-state index is 13.8. The second-order valence-electron chi connectivity index (χ2n) is 8.07. The summed E-state index contributed by atoms with van der Waals surface area (Å²) >= 11 is 0. The molecule has 0 aliphatic carbocycles. The van der Waals surface area contributed by atoms with Crippen LogP contribution in [0.4, 0.5) is 20.9 Å². The Morgan fingerprint density at radius 3 is 2.70 bits per heavy atom. The highest BCUT2D eigenvalue weighted by atomic mass is 19.1. The van der Waals surface area contributed by atoms with Crippen LogP contribution in [0.3, 0.4) is 0 Å². The molecule has 1 N–H and O–H groups in total. The van der Waals surface area contributed by atoms with E-state index in [-0.39, 0.29) is 6.01 Å². The van der Waals surface area contributed by atoms with E-state index in [9.17, 15) is 9.18 Å². The van der Waals surface area contributed by atoms with Gasteiger partial charge in [0, 0.05) is 11.1 Å². The molecule has 0 bridgehead atoms. The molecule has 0 aliphatic rings. The SMILES string of the molecule is Cc1cccc(Nc2ncc(-c3cc4cc(F)ccc4n3C(=O)OC(C)(C)C)o2)c1. The Bertz CT molecular complexity index is 1230. The number of ether oxygens (including phenoxy) is 1. The van der Waals surface area contributed by atoms with Crippen LogP contribution in [-0.2, 0) is 4.74 Å². The number of halogens is 1. The Kier molecular flexibility index (Phi) is 4.81. The fourth-order valence-electron chi connectivity index (χ4n) is 3.17. The third-order valence-electron chi connectivity index (χ3n) is 4.37. The molecule has 4 rings (SSSR count). The summed E-state index contributed by atoms with van der Waals surface area (Å²) in [7, 11) is 0. The molecule has 4 aromatic rings. The number of rotatable bonds is 3. The van der Waals surface area contributed by atoms with E-state index >= 15 is 0 Å². The Morgan fingerprint density at radius 1 is 1.17 bits per heavy atom. The first-order valence-electron chi connectivity index (χ1n) is 9.54. The molecule has 30 heavy (non-hydrogen) atoms. The fourth-order valence-corrected chi connectivity index (χ4v) is 3.17. The van der Waals surface area contributed by atoms with Gasteiger partial charge in [0.05, 0.1) is 17.4 Å². The van der Waals surface area contributed by atoms with Gasteiger partial charge in [-0.1, -0.05) is 12.1 Å². The van der Waals surface area contributed by atoms with E-state index in [0.717, 1.165) is 11.3 Å². The normalized spacial score (nSPS) is 11.6. The lowest BCUT2D eigenvalue weighted by Crippen LogP contribution is -2.27. The number of hydrogen-bond donors (Lipinski definition) is 1. The predicted octanol–water partition coefficient (Wildman–Crippen LogP) is 6.27. The largest absolute Gasteiger partial charge is 0.443 e. The number of fused-ring (bicyclic) bond motifs is 1. The van der Waals surface area contributed by atoms with Crippen molar-refractivity contribution in [2.24, 2.45) is 0 Å². The second kappa shape index (κ2) is 7.33. The Balaban J connectivity index is 1.76. The molecule has 0 saturated carbocycles. The molecule has 0 aliphatic heterocycles. The van der Waals surface area contributed by atoms with Crippen LogP contribution >= 0.6 is 0 Å². The second-order valence-corrected chi connectivity index (χ2v) is 8.07. The average molecular weight is 407 g/mol. The number of anilines is 2. The summed E-state index contributed by atoms with van der Waals surface area (Å²) in [6, 6.07) is 13.9. The van der Waals surface area contributed by atoms with Crippen LogP contribution in [0.2, 0.25) is 0 Å². The number of carbonyl (C=O) groups excluding carboxylic acids is 1. The molecule has 0 amide bonds. The van der Waals surface area contributed by atoms with E-state index in [0.29, 0.717) is 22.4 Å². The number of aromatic nitrogens is 2. The summed E-state index contributed by atoms with van der Waals surface area (Å²) in [5.41, 5.74) is 2.18. The lowest BCUT2D eigenvalue weighted by atomic mass is 10.2. The first-order chi connectivity index (χ1) is 14.2. The Hall–Kier alpha value is -3.61. The van der Waals surface area contributed by atoms with Crippen molar-refractivity contribution < 1.29 is 18.3 Å². The number of carbonyl (C=O) groups is 1. The van der Waals surface area contributed by atoms with E-state index < -0.39 is 17.5 Å². The highest BCUT2D eigenvalue weighted by Crippen LogP contribution is 2.32. The van der Waals surface area contributed by atoms with Gasteiger partial charge in [0.1, 0.15) is 11.4 Å². The van der Waals surface area contributed by atoms with Crippen molar-refractivity contribution >= 4 is 28.7 Å². The maximum absolute atomic E-state index is 13.8. The predicted molar refractivity (Wildman–Crippen MR) is 113 cm³/mol. The molecule has 0 spiro atoms. The minimum absolute atomic E-state index is 0.280. The molecule has 0 radical (unpaired) electrons. The zero-order valence-corrected chi connectivity index (χ0v) is 17.2. The zero-order valence-electron chi connectivity index (χ0n) is 17.2. The summed E-state index contributed by atoms with van der Waals surface area (Å²) in [5, 5.41) is 3.66. The first kappa shape index (κ1) is 19.7. The molecular weight excluding hydrogens is 385 g/mol. The standard InChI is InChI=1S/C23H22FN3O3/c1-14-6-5-7-17(10-14)26-21-25-13-20(29-21)19-12-15-11-16(24)8-9-18(15)27(19)22(28)30-23(2,3)4/h5-13H,1-4H3,(H,25,26). The minimum Gasteiger partial charge on any atom is -0.443 e. The van der Waals surface area contributed by atoms with E-state index in [1.54, 1.807) is 32.9 Å². The molecule has 0 saturated heterocycles. The highest BCUT2D eigenvalue weighted by Gasteiger charge is 2.24. The molecule has 0 atom stereocenters. The van der Waals surface area contributed by atoms with Crippen molar-refractivity contribution in [1.82, 2.24) is 9.55 Å². The van der Waals surface area contributed by atoms with E-state index in [1.807, 2.05) is 31.2 Å². The topological polar surface area (TPSA) is 69.3 Å². The maximum Gasteiger partial charge on any atom is 0.419 e. The Morgan fingerprint density at radius 2 is 1.97 bits per heavy atom. The summed E-state index contributed by atoms with van der Waals surface area (Å²) in [6.45, 7) is 7.35. The minimum atomic E-state index is -0.690. The third kappa shape index (κ3) is 4.05.